The average molecular weight is 326 g/mol. The van der Waals surface area contributed by atoms with Crippen LogP contribution in [-0.2, 0) is 4.74 Å². The van der Waals surface area contributed by atoms with Crippen LogP contribution < -0.4 is 10.6 Å². The molecule has 21 heavy (non-hydrogen) atoms. The quantitative estimate of drug-likeness (QED) is 0.597. The Morgan fingerprint density at radius 2 is 2.14 bits per heavy atom. The minimum atomic E-state index is -4.37. The Bertz CT molecular complexity index is 483. The van der Waals surface area contributed by atoms with Gasteiger partial charge in [0.25, 0.3) is 5.91 Å². The second-order valence-electron chi connectivity index (χ2n) is 4.02. The van der Waals surface area contributed by atoms with E-state index in [-0.39, 0.29) is 23.9 Å². The van der Waals surface area contributed by atoms with Crippen molar-refractivity contribution in [1.29, 1.82) is 0 Å². The average Bonchev–Trinajstić information content (AvgIpc) is 2.36. The molecule has 0 aliphatic carbocycles. The number of amides is 1. The van der Waals surface area contributed by atoms with Gasteiger partial charge in [-0.2, -0.15) is 13.2 Å². The highest BCUT2D eigenvalue weighted by Crippen LogP contribution is 2.15. The first-order valence-corrected chi connectivity index (χ1v) is 6.54. The van der Waals surface area contributed by atoms with Gasteiger partial charge in [0.15, 0.2) is 0 Å². The maximum absolute atomic E-state index is 11.8. The number of ether oxygens (including phenoxy) is 1. The summed E-state index contributed by atoms with van der Waals surface area (Å²) in [6.07, 6.45) is -4.37. The molecule has 0 unspecified atom stereocenters. The van der Waals surface area contributed by atoms with Crippen LogP contribution in [0.3, 0.4) is 0 Å². The molecule has 5 nitrogen and oxygen atoms in total. The maximum atomic E-state index is 11.8. The van der Waals surface area contributed by atoms with Gasteiger partial charge in [-0.3, -0.25) is 4.79 Å². The van der Waals surface area contributed by atoms with Gasteiger partial charge in [-0.15, -0.1) is 0 Å². The van der Waals surface area contributed by atoms with E-state index in [0.29, 0.717) is 12.4 Å². The summed E-state index contributed by atoms with van der Waals surface area (Å²) in [5.74, 6) is -0.0162. The topological polar surface area (TPSA) is 63.2 Å². The van der Waals surface area contributed by atoms with E-state index in [1.807, 2.05) is 6.92 Å². The smallest absolute Gasteiger partial charge is 0.370 e. The first-order chi connectivity index (χ1) is 9.81. The summed E-state index contributed by atoms with van der Waals surface area (Å²) in [4.78, 5) is 15.8. The number of anilines is 1. The van der Waals surface area contributed by atoms with Crippen LogP contribution in [0.2, 0.25) is 5.15 Å². The largest absolute Gasteiger partial charge is 0.411 e. The van der Waals surface area contributed by atoms with Crippen LogP contribution in [0.1, 0.15) is 17.3 Å². The fourth-order valence-corrected chi connectivity index (χ4v) is 1.63. The second-order valence-corrected chi connectivity index (χ2v) is 4.41. The van der Waals surface area contributed by atoms with Crippen molar-refractivity contribution in [2.24, 2.45) is 0 Å². The van der Waals surface area contributed by atoms with Gasteiger partial charge >= 0.3 is 6.18 Å². The minimum absolute atomic E-state index is 0.0363. The van der Waals surface area contributed by atoms with E-state index in [1.54, 1.807) is 0 Å². The number of halogens is 4. The molecule has 118 valence electrons. The van der Waals surface area contributed by atoms with Crippen molar-refractivity contribution in [1.82, 2.24) is 10.3 Å². The summed E-state index contributed by atoms with van der Waals surface area (Å²) >= 11 is 5.78. The molecule has 0 aliphatic heterocycles. The number of carbonyl (C=O) groups excluding carboxylic acids is 1. The van der Waals surface area contributed by atoms with E-state index in [1.165, 1.54) is 12.1 Å². The summed E-state index contributed by atoms with van der Waals surface area (Å²) in [5, 5.41) is 5.49. The van der Waals surface area contributed by atoms with Gasteiger partial charge in [-0.25, -0.2) is 4.98 Å². The molecule has 0 saturated carbocycles. The zero-order chi connectivity index (χ0) is 15.9. The Morgan fingerprint density at radius 1 is 1.43 bits per heavy atom. The summed E-state index contributed by atoms with van der Waals surface area (Å²) in [6.45, 7) is 0.865. The molecule has 0 saturated heterocycles. The number of pyridine rings is 1. The Morgan fingerprint density at radius 3 is 2.76 bits per heavy atom. The van der Waals surface area contributed by atoms with E-state index >= 15 is 0 Å². The lowest BCUT2D eigenvalue weighted by molar-refractivity contribution is -0.173. The Hall–Kier alpha value is -1.54. The van der Waals surface area contributed by atoms with Gasteiger partial charge < -0.3 is 15.4 Å². The van der Waals surface area contributed by atoms with Crippen LogP contribution >= 0.6 is 11.6 Å². The van der Waals surface area contributed by atoms with E-state index in [4.69, 9.17) is 11.6 Å². The van der Waals surface area contributed by atoms with Gasteiger partial charge in [-0.1, -0.05) is 11.6 Å². The summed E-state index contributed by atoms with van der Waals surface area (Å²) in [5.41, 5.74) is 0.266. The highest BCUT2D eigenvalue weighted by atomic mass is 35.5. The number of nitrogens with zero attached hydrogens (tertiary/aromatic N) is 1. The van der Waals surface area contributed by atoms with Crippen molar-refractivity contribution in [2.45, 2.75) is 13.1 Å². The Balaban J connectivity index is 2.45. The number of nitrogens with one attached hydrogen (secondary N) is 2. The van der Waals surface area contributed by atoms with E-state index in [0.717, 1.165) is 0 Å². The molecule has 1 heterocycles. The van der Waals surface area contributed by atoms with Gasteiger partial charge in [0.2, 0.25) is 0 Å². The number of alkyl halides is 3. The van der Waals surface area contributed by atoms with Crippen molar-refractivity contribution in [2.75, 3.05) is 31.6 Å². The lowest BCUT2D eigenvalue weighted by atomic mass is 10.2. The van der Waals surface area contributed by atoms with Gasteiger partial charge in [-0.05, 0) is 19.1 Å². The van der Waals surface area contributed by atoms with Crippen molar-refractivity contribution >= 4 is 23.3 Å². The third kappa shape index (κ3) is 7.14. The lowest BCUT2D eigenvalue weighted by Gasteiger charge is -2.09. The molecule has 0 atom stereocenters. The van der Waals surface area contributed by atoms with Gasteiger partial charge in [0, 0.05) is 18.7 Å². The Kier molecular flexibility index (Phi) is 6.70. The molecule has 0 spiro atoms. The third-order valence-corrected chi connectivity index (χ3v) is 2.41. The highest BCUT2D eigenvalue weighted by Gasteiger charge is 2.27. The molecule has 9 heteroatoms. The fraction of sp³-hybridized carbons (Fsp3) is 0.500. The van der Waals surface area contributed by atoms with Crippen LogP contribution in [0, 0.1) is 0 Å². The predicted octanol–water partition coefficient (Wildman–Crippen LogP) is 2.48. The normalized spacial score (nSPS) is 11.3. The molecule has 1 aromatic heterocycles. The second kappa shape index (κ2) is 8.04. The summed E-state index contributed by atoms with van der Waals surface area (Å²) in [6, 6.07) is 2.87. The Labute approximate surface area is 124 Å². The van der Waals surface area contributed by atoms with Crippen LogP contribution in [0.5, 0.6) is 0 Å². The molecule has 0 aromatic carbocycles. The van der Waals surface area contributed by atoms with Crippen molar-refractivity contribution < 1.29 is 22.7 Å². The molecule has 1 rings (SSSR count). The lowest BCUT2D eigenvalue weighted by Crippen LogP contribution is -2.29. The maximum Gasteiger partial charge on any atom is 0.411 e. The van der Waals surface area contributed by atoms with E-state index < -0.39 is 18.7 Å². The molecular formula is C12H15ClF3N3O2. The first kappa shape index (κ1) is 17.5. The molecule has 0 radical (unpaired) electrons. The predicted molar refractivity (Wildman–Crippen MR) is 72.6 cm³/mol. The molecule has 2 N–H and O–H groups in total. The summed E-state index contributed by atoms with van der Waals surface area (Å²) < 4.78 is 39.9. The van der Waals surface area contributed by atoms with Crippen LogP contribution in [-0.4, -0.2) is 43.4 Å². The monoisotopic (exact) mass is 325 g/mol. The van der Waals surface area contributed by atoms with Crippen molar-refractivity contribution in [3.05, 3.63) is 22.8 Å². The molecular weight excluding hydrogens is 311 g/mol. The van der Waals surface area contributed by atoms with Crippen molar-refractivity contribution in [3.8, 4) is 0 Å². The number of aromatic nitrogens is 1. The number of carbonyl (C=O) groups is 1. The first-order valence-electron chi connectivity index (χ1n) is 6.16. The van der Waals surface area contributed by atoms with Crippen LogP contribution in [0.4, 0.5) is 19.0 Å². The zero-order valence-electron chi connectivity index (χ0n) is 11.3. The van der Waals surface area contributed by atoms with Crippen LogP contribution in [0.25, 0.3) is 0 Å². The number of hydrogen-bond donors (Lipinski definition) is 2. The van der Waals surface area contributed by atoms with Gasteiger partial charge in [0.05, 0.1) is 6.61 Å². The highest BCUT2D eigenvalue weighted by molar-refractivity contribution is 6.29. The molecule has 0 bridgehead atoms. The molecule has 1 aromatic rings. The standard InChI is InChI=1S/C12H15ClF3N3O2/c1-2-17-10-6-8(5-9(13)19-10)11(20)18-3-4-21-7-12(14,15)16/h5-6H,2-4,7H2,1H3,(H,17,19)(H,18,20). The van der Waals surface area contributed by atoms with E-state index in [2.05, 4.69) is 20.4 Å². The number of hydrogen-bond acceptors (Lipinski definition) is 4. The molecule has 0 aliphatic rings. The minimum Gasteiger partial charge on any atom is -0.370 e. The van der Waals surface area contributed by atoms with Crippen LogP contribution in [0.15, 0.2) is 12.1 Å². The van der Waals surface area contributed by atoms with Gasteiger partial charge in [0.1, 0.15) is 17.6 Å². The zero-order valence-corrected chi connectivity index (χ0v) is 12.0. The molecule has 1 amide bonds. The molecule has 0 fully saturated rings. The van der Waals surface area contributed by atoms with E-state index in [9.17, 15) is 18.0 Å². The summed E-state index contributed by atoms with van der Waals surface area (Å²) in [7, 11) is 0. The van der Waals surface area contributed by atoms with Crippen molar-refractivity contribution in [3.63, 3.8) is 0 Å². The SMILES string of the molecule is CCNc1cc(C(=O)NCCOCC(F)(F)F)cc(Cl)n1. The fourth-order valence-electron chi connectivity index (χ4n) is 1.43. The third-order valence-electron chi connectivity index (χ3n) is 2.21. The number of rotatable bonds is 7.